The molecule has 1 aromatic carbocycles. The Morgan fingerprint density at radius 1 is 1.25 bits per heavy atom. The molecule has 1 N–H and O–H groups in total. The first-order chi connectivity index (χ1) is 9.75. The maximum absolute atomic E-state index is 12.0. The van der Waals surface area contributed by atoms with Gasteiger partial charge in [0.05, 0.1) is 17.5 Å². The zero-order valence-corrected chi connectivity index (χ0v) is 12.0. The monoisotopic (exact) mass is 295 g/mol. The van der Waals surface area contributed by atoms with E-state index in [1.165, 1.54) is 0 Å². The minimum absolute atomic E-state index is 0.0831. The molecule has 0 aliphatic carbocycles. The standard InChI is InChI=1S/C15H18ClNO3/c16-14(10-3-6-19-7-4-10)11-1-2-13-12(9-11)15(18)17-5-8-20-13/h1-2,9-10,14H,3-8H2,(H,17,18). The lowest BCUT2D eigenvalue weighted by molar-refractivity contribution is 0.0650. The molecule has 1 amide bonds. The van der Waals surface area contributed by atoms with Gasteiger partial charge in [-0.1, -0.05) is 6.07 Å². The van der Waals surface area contributed by atoms with Crippen LogP contribution in [-0.4, -0.2) is 32.3 Å². The summed E-state index contributed by atoms with van der Waals surface area (Å²) in [5.74, 6) is 0.952. The summed E-state index contributed by atoms with van der Waals surface area (Å²) in [6.45, 7) is 2.57. The van der Waals surface area contributed by atoms with Gasteiger partial charge in [0.25, 0.3) is 5.91 Å². The zero-order valence-electron chi connectivity index (χ0n) is 11.2. The number of ether oxygens (including phenoxy) is 2. The largest absolute Gasteiger partial charge is 0.491 e. The highest BCUT2D eigenvalue weighted by Crippen LogP contribution is 2.37. The topological polar surface area (TPSA) is 47.6 Å². The van der Waals surface area contributed by atoms with Crippen LogP contribution >= 0.6 is 11.6 Å². The molecule has 4 nitrogen and oxygen atoms in total. The third kappa shape index (κ3) is 2.76. The molecule has 0 saturated carbocycles. The number of fused-ring (bicyclic) bond motifs is 1. The lowest BCUT2D eigenvalue weighted by atomic mass is 9.91. The van der Waals surface area contributed by atoms with Crippen LogP contribution in [0.4, 0.5) is 0 Å². The van der Waals surface area contributed by atoms with Crippen LogP contribution in [0.25, 0.3) is 0 Å². The number of carbonyl (C=O) groups excluding carboxylic acids is 1. The van der Waals surface area contributed by atoms with E-state index in [-0.39, 0.29) is 11.3 Å². The fourth-order valence-electron chi connectivity index (χ4n) is 2.72. The minimum Gasteiger partial charge on any atom is -0.491 e. The van der Waals surface area contributed by atoms with Gasteiger partial charge in [-0.05, 0) is 36.5 Å². The van der Waals surface area contributed by atoms with Gasteiger partial charge in [-0.15, -0.1) is 11.6 Å². The van der Waals surface area contributed by atoms with Gasteiger partial charge >= 0.3 is 0 Å². The predicted molar refractivity (Wildman–Crippen MR) is 76.4 cm³/mol. The van der Waals surface area contributed by atoms with E-state index >= 15 is 0 Å². The Labute approximate surface area is 123 Å². The average molecular weight is 296 g/mol. The number of hydrogen-bond donors (Lipinski definition) is 1. The molecule has 0 aromatic heterocycles. The zero-order chi connectivity index (χ0) is 13.9. The number of benzene rings is 1. The number of rotatable bonds is 2. The van der Waals surface area contributed by atoms with Crippen molar-refractivity contribution in [3.63, 3.8) is 0 Å². The van der Waals surface area contributed by atoms with Crippen LogP contribution in [0.5, 0.6) is 5.75 Å². The number of halogens is 1. The molecule has 1 atom stereocenters. The van der Waals surface area contributed by atoms with Gasteiger partial charge in [-0.3, -0.25) is 4.79 Å². The Kier molecular flexibility index (Phi) is 4.13. The Hall–Kier alpha value is -1.26. The SMILES string of the molecule is O=C1NCCOc2ccc(C(Cl)C3CCOCC3)cc21. The molecule has 0 bridgehead atoms. The number of alkyl halides is 1. The molecule has 5 heteroatoms. The Morgan fingerprint density at radius 2 is 2.05 bits per heavy atom. The first kappa shape index (κ1) is 13.7. The summed E-state index contributed by atoms with van der Waals surface area (Å²) in [6, 6.07) is 5.68. The van der Waals surface area contributed by atoms with Crippen molar-refractivity contribution >= 4 is 17.5 Å². The van der Waals surface area contributed by atoms with Gasteiger partial charge in [-0.2, -0.15) is 0 Å². The number of hydrogen-bond acceptors (Lipinski definition) is 3. The number of amides is 1. The Morgan fingerprint density at radius 3 is 2.85 bits per heavy atom. The lowest BCUT2D eigenvalue weighted by Gasteiger charge is -2.26. The fraction of sp³-hybridized carbons (Fsp3) is 0.533. The molecule has 1 saturated heterocycles. The Bertz CT molecular complexity index is 500. The molecule has 3 rings (SSSR count). The van der Waals surface area contributed by atoms with Crippen LogP contribution < -0.4 is 10.1 Å². The normalized spacial score (nSPS) is 21.4. The third-order valence-electron chi connectivity index (χ3n) is 3.89. The lowest BCUT2D eigenvalue weighted by Crippen LogP contribution is -2.24. The van der Waals surface area contributed by atoms with Crippen LogP contribution in [-0.2, 0) is 4.74 Å². The molecule has 2 aliphatic heterocycles. The second-order valence-corrected chi connectivity index (χ2v) is 5.68. The van der Waals surface area contributed by atoms with Crippen molar-refractivity contribution < 1.29 is 14.3 Å². The van der Waals surface area contributed by atoms with E-state index < -0.39 is 0 Å². The Balaban J connectivity index is 1.85. The van der Waals surface area contributed by atoms with E-state index in [4.69, 9.17) is 21.1 Å². The van der Waals surface area contributed by atoms with Gasteiger partial charge < -0.3 is 14.8 Å². The van der Waals surface area contributed by atoms with E-state index in [2.05, 4.69) is 5.32 Å². The molecular weight excluding hydrogens is 278 g/mol. The summed E-state index contributed by atoms with van der Waals surface area (Å²) in [5, 5.41) is 2.74. The van der Waals surface area contributed by atoms with Crippen molar-refractivity contribution in [2.24, 2.45) is 5.92 Å². The molecule has 0 spiro atoms. The van der Waals surface area contributed by atoms with Gasteiger partial charge in [0.15, 0.2) is 0 Å². The van der Waals surface area contributed by atoms with Crippen molar-refractivity contribution in [2.45, 2.75) is 18.2 Å². The molecule has 108 valence electrons. The van der Waals surface area contributed by atoms with Crippen LogP contribution in [0.3, 0.4) is 0 Å². The molecule has 1 unspecified atom stereocenters. The highest BCUT2D eigenvalue weighted by atomic mass is 35.5. The minimum atomic E-state index is -0.0878. The van der Waals surface area contributed by atoms with Crippen LogP contribution in [0.1, 0.15) is 34.1 Å². The number of carbonyl (C=O) groups is 1. The molecule has 1 aromatic rings. The van der Waals surface area contributed by atoms with E-state index in [1.54, 1.807) is 0 Å². The van der Waals surface area contributed by atoms with Crippen molar-refractivity contribution in [3.8, 4) is 5.75 Å². The summed E-state index contributed by atoms with van der Waals surface area (Å²) < 4.78 is 10.9. The first-order valence-corrected chi connectivity index (χ1v) is 7.46. The molecule has 2 aliphatic rings. The quantitative estimate of drug-likeness (QED) is 0.853. The van der Waals surface area contributed by atoms with Crippen LogP contribution in [0, 0.1) is 5.92 Å². The second-order valence-electron chi connectivity index (χ2n) is 5.21. The average Bonchev–Trinajstić information content (AvgIpc) is 2.69. The molecular formula is C15H18ClNO3. The predicted octanol–water partition coefficient (Wildman–Crippen LogP) is 2.52. The molecule has 2 heterocycles. The maximum atomic E-state index is 12.0. The molecule has 1 fully saturated rings. The van der Waals surface area contributed by atoms with E-state index in [1.807, 2.05) is 18.2 Å². The van der Waals surface area contributed by atoms with Crippen molar-refractivity contribution in [1.29, 1.82) is 0 Å². The summed E-state index contributed by atoms with van der Waals surface area (Å²) in [5.41, 5.74) is 1.57. The van der Waals surface area contributed by atoms with Gasteiger partial charge in [0.2, 0.25) is 0 Å². The third-order valence-corrected chi connectivity index (χ3v) is 4.50. The smallest absolute Gasteiger partial charge is 0.255 e. The first-order valence-electron chi connectivity index (χ1n) is 7.02. The highest BCUT2D eigenvalue weighted by molar-refractivity contribution is 6.21. The van der Waals surface area contributed by atoms with Crippen molar-refractivity contribution in [3.05, 3.63) is 29.3 Å². The maximum Gasteiger partial charge on any atom is 0.255 e. The summed E-state index contributed by atoms with van der Waals surface area (Å²) in [7, 11) is 0. The highest BCUT2D eigenvalue weighted by Gasteiger charge is 2.25. The summed E-state index contributed by atoms with van der Waals surface area (Å²) in [6.07, 6.45) is 1.93. The van der Waals surface area contributed by atoms with Gasteiger partial charge in [0, 0.05) is 13.2 Å². The fourth-order valence-corrected chi connectivity index (χ4v) is 3.11. The molecule has 20 heavy (non-hydrogen) atoms. The van der Waals surface area contributed by atoms with Crippen molar-refractivity contribution in [1.82, 2.24) is 5.32 Å². The summed E-state index contributed by atoms with van der Waals surface area (Å²) >= 11 is 6.59. The second kappa shape index (κ2) is 6.02. The van der Waals surface area contributed by atoms with Crippen molar-refractivity contribution in [2.75, 3.05) is 26.4 Å². The summed E-state index contributed by atoms with van der Waals surface area (Å²) in [4.78, 5) is 12.0. The van der Waals surface area contributed by atoms with E-state index in [0.29, 0.717) is 30.4 Å². The van der Waals surface area contributed by atoms with Crippen LogP contribution in [0.15, 0.2) is 18.2 Å². The van der Waals surface area contributed by atoms with E-state index in [0.717, 1.165) is 31.6 Å². The van der Waals surface area contributed by atoms with Gasteiger partial charge in [-0.25, -0.2) is 0 Å². The molecule has 0 radical (unpaired) electrons. The van der Waals surface area contributed by atoms with Crippen LogP contribution in [0.2, 0.25) is 0 Å². The van der Waals surface area contributed by atoms with E-state index in [9.17, 15) is 4.79 Å². The van der Waals surface area contributed by atoms with Gasteiger partial charge in [0.1, 0.15) is 12.4 Å². The number of nitrogens with one attached hydrogen (secondary N) is 1.